The maximum atomic E-state index is 5.87. The summed E-state index contributed by atoms with van der Waals surface area (Å²) in [5.74, 6) is 1.86. The van der Waals surface area contributed by atoms with Gasteiger partial charge >= 0.3 is 0 Å². The summed E-state index contributed by atoms with van der Waals surface area (Å²) < 4.78 is 11.4. The third kappa shape index (κ3) is 4.84. The van der Waals surface area contributed by atoms with Crippen molar-refractivity contribution in [1.29, 1.82) is 0 Å². The van der Waals surface area contributed by atoms with Gasteiger partial charge in [0.05, 0.1) is 6.61 Å². The maximum absolute atomic E-state index is 5.87. The van der Waals surface area contributed by atoms with Crippen molar-refractivity contribution in [2.45, 2.75) is 13.5 Å². The van der Waals surface area contributed by atoms with E-state index < -0.39 is 0 Å². The average Bonchev–Trinajstić information content (AvgIpc) is 2.63. The van der Waals surface area contributed by atoms with E-state index in [9.17, 15) is 0 Å². The number of halogens is 1. The summed E-state index contributed by atoms with van der Waals surface area (Å²) in [6.45, 7) is 3.15. The predicted molar refractivity (Wildman–Crippen MR) is 98.5 cm³/mol. The van der Waals surface area contributed by atoms with E-state index in [1.165, 1.54) is 0 Å². The Morgan fingerprint density at radius 1 is 1.04 bits per heavy atom. The van der Waals surface area contributed by atoms with Crippen molar-refractivity contribution in [3.05, 3.63) is 71.6 Å². The first-order valence-electron chi connectivity index (χ1n) is 7.94. The lowest BCUT2D eigenvalue weighted by Crippen LogP contribution is -2.00. The number of para-hydroxylation sites is 2. The second-order valence-electron chi connectivity index (χ2n) is 5.21. The molecule has 2 heterocycles. The highest BCUT2D eigenvalue weighted by molar-refractivity contribution is 6.29. The Morgan fingerprint density at radius 2 is 1.88 bits per heavy atom. The van der Waals surface area contributed by atoms with Crippen molar-refractivity contribution in [2.24, 2.45) is 0 Å². The highest BCUT2D eigenvalue weighted by Crippen LogP contribution is 2.30. The van der Waals surface area contributed by atoms with Gasteiger partial charge in [0.2, 0.25) is 5.88 Å². The predicted octanol–water partition coefficient (Wildman–Crippen LogP) is 4.93. The highest BCUT2D eigenvalue weighted by atomic mass is 35.5. The molecule has 0 amide bonds. The van der Waals surface area contributed by atoms with Crippen LogP contribution in [0, 0.1) is 0 Å². The molecular weight excluding hydrogens is 338 g/mol. The van der Waals surface area contributed by atoms with E-state index in [0.717, 1.165) is 11.3 Å². The molecule has 3 rings (SSSR count). The van der Waals surface area contributed by atoms with E-state index in [1.54, 1.807) is 18.5 Å². The minimum atomic E-state index is 0.458. The fourth-order valence-corrected chi connectivity index (χ4v) is 2.39. The first-order chi connectivity index (χ1) is 12.2. The Morgan fingerprint density at radius 3 is 2.60 bits per heavy atom. The van der Waals surface area contributed by atoms with Gasteiger partial charge in [-0.1, -0.05) is 29.8 Å². The van der Waals surface area contributed by atoms with E-state index in [4.69, 9.17) is 21.1 Å². The normalized spacial score (nSPS) is 10.3. The zero-order valence-electron chi connectivity index (χ0n) is 13.8. The molecule has 0 fully saturated rings. The molecule has 0 atom stereocenters. The van der Waals surface area contributed by atoms with E-state index in [-0.39, 0.29) is 0 Å². The summed E-state index contributed by atoms with van der Waals surface area (Å²) in [4.78, 5) is 8.30. The first-order valence-corrected chi connectivity index (χ1v) is 8.32. The Hall–Kier alpha value is -2.79. The third-order valence-corrected chi connectivity index (χ3v) is 3.59. The van der Waals surface area contributed by atoms with E-state index in [2.05, 4.69) is 15.3 Å². The molecular formula is C19H18ClN3O2. The molecule has 0 bridgehead atoms. The lowest BCUT2D eigenvalue weighted by atomic mass is 10.2. The Kier molecular flexibility index (Phi) is 5.69. The molecule has 128 valence electrons. The van der Waals surface area contributed by atoms with Crippen LogP contribution in [-0.4, -0.2) is 16.6 Å². The minimum absolute atomic E-state index is 0.458. The molecule has 2 aromatic heterocycles. The van der Waals surface area contributed by atoms with Gasteiger partial charge in [0.1, 0.15) is 5.15 Å². The van der Waals surface area contributed by atoms with E-state index >= 15 is 0 Å². The van der Waals surface area contributed by atoms with Gasteiger partial charge in [-0.05, 0) is 36.8 Å². The second kappa shape index (κ2) is 8.35. The molecule has 1 aromatic carbocycles. The summed E-state index contributed by atoms with van der Waals surface area (Å²) in [5.41, 5.74) is 1.93. The van der Waals surface area contributed by atoms with Crippen molar-refractivity contribution in [2.75, 3.05) is 11.9 Å². The Bertz CT molecular complexity index is 825. The van der Waals surface area contributed by atoms with Crippen molar-refractivity contribution in [3.63, 3.8) is 0 Å². The van der Waals surface area contributed by atoms with Crippen molar-refractivity contribution in [1.82, 2.24) is 9.97 Å². The molecule has 1 N–H and O–H groups in total. The molecule has 0 aliphatic carbocycles. The van der Waals surface area contributed by atoms with Gasteiger partial charge in [-0.15, -0.1) is 0 Å². The summed E-state index contributed by atoms with van der Waals surface area (Å²) in [5, 5.41) is 3.73. The third-order valence-electron chi connectivity index (χ3n) is 3.38. The zero-order valence-corrected chi connectivity index (χ0v) is 14.5. The van der Waals surface area contributed by atoms with Crippen LogP contribution in [0.5, 0.6) is 17.4 Å². The van der Waals surface area contributed by atoms with Crippen LogP contribution < -0.4 is 14.8 Å². The maximum Gasteiger partial charge on any atom is 0.219 e. The Balaban J connectivity index is 1.62. The molecule has 0 unspecified atom stereocenters. The quantitative estimate of drug-likeness (QED) is 0.609. The molecule has 25 heavy (non-hydrogen) atoms. The van der Waals surface area contributed by atoms with Crippen molar-refractivity contribution >= 4 is 17.3 Å². The fourth-order valence-electron chi connectivity index (χ4n) is 2.21. The lowest BCUT2D eigenvalue weighted by Gasteiger charge is -2.11. The SMILES string of the molecule is CCOc1ccccc1Oc1ccc(CNc2ccnc(Cl)c2)cn1. The van der Waals surface area contributed by atoms with Gasteiger partial charge < -0.3 is 14.8 Å². The van der Waals surface area contributed by atoms with E-state index in [1.807, 2.05) is 49.4 Å². The summed E-state index contributed by atoms with van der Waals surface area (Å²) in [7, 11) is 0. The zero-order chi connectivity index (χ0) is 17.5. The smallest absolute Gasteiger partial charge is 0.219 e. The molecule has 0 saturated heterocycles. The number of rotatable bonds is 7. The number of nitrogens with zero attached hydrogens (tertiary/aromatic N) is 2. The largest absolute Gasteiger partial charge is 0.490 e. The number of hydrogen-bond acceptors (Lipinski definition) is 5. The summed E-state index contributed by atoms with van der Waals surface area (Å²) in [6.07, 6.45) is 3.43. The molecule has 0 spiro atoms. The van der Waals surface area contributed by atoms with Gasteiger partial charge in [-0.2, -0.15) is 0 Å². The van der Waals surface area contributed by atoms with Gasteiger partial charge in [-0.25, -0.2) is 9.97 Å². The second-order valence-corrected chi connectivity index (χ2v) is 5.59. The Labute approximate surface area is 151 Å². The van der Waals surface area contributed by atoms with Gasteiger partial charge in [-0.3, -0.25) is 0 Å². The van der Waals surface area contributed by atoms with Gasteiger partial charge in [0.25, 0.3) is 0 Å². The number of anilines is 1. The molecule has 0 aliphatic heterocycles. The van der Waals surface area contributed by atoms with Crippen LogP contribution in [0.15, 0.2) is 60.9 Å². The lowest BCUT2D eigenvalue weighted by molar-refractivity contribution is 0.319. The number of hydrogen-bond donors (Lipinski definition) is 1. The number of benzene rings is 1. The first kappa shape index (κ1) is 17.0. The number of ether oxygens (including phenoxy) is 2. The summed E-state index contributed by atoms with van der Waals surface area (Å²) >= 11 is 5.87. The van der Waals surface area contributed by atoms with E-state index in [0.29, 0.717) is 35.7 Å². The average molecular weight is 356 g/mol. The minimum Gasteiger partial charge on any atom is -0.490 e. The van der Waals surface area contributed by atoms with Gasteiger partial charge in [0, 0.05) is 30.7 Å². The van der Waals surface area contributed by atoms with Crippen LogP contribution in [0.25, 0.3) is 0 Å². The molecule has 5 nitrogen and oxygen atoms in total. The topological polar surface area (TPSA) is 56.3 Å². The van der Waals surface area contributed by atoms with Crippen LogP contribution in [0.2, 0.25) is 5.15 Å². The fraction of sp³-hybridized carbons (Fsp3) is 0.158. The monoisotopic (exact) mass is 355 g/mol. The number of pyridine rings is 2. The van der Waals surface area contributed by atoms with Crippen LogP contribution in [0.1, 0.15) is 12.5 Å². The standard InChI is InChI=1S/C19H18ClN3O2/c1-2-24-16-5-3-4-6-17(16)25-19-8-7-14(13-23-19)12-22-15-9-10-21-18(20)11-15/h3-11,13H,2,12H2,1H3,(H,21,22). The number of aromatic nitrogens is 2. The van der Waals surface area contributed by atoms with Crippen LogP contribution in [0.4, 0.5) is 5.69 Å². The van der Waals surface area contributed by atoms with Crippen molar-refractivity contribution < 1.29 is 9.47 Å². The molecule has 0 radical (unpaired) electrons. The van der Waals surface area contributed by atoms with Crippen molar-refractivity contribution in [3.8, 4) is 17.4 Å². The van der Waals surface area contributed by atoms with Gasteiger partial charge in [0.15, 0.2) is 11.5 Å². The number of nitrogens with one attached hydrogen (secondary N) is 1. The van der Waals surface area contributed by atoms with Crippen LogP contribution in [0.3, 0.4) is 0 Å². The molecule has 0 aliphatic rings. The highest BCUT2D eigenvalue weighted by Gasteiger charge is 2.06. The summed E-state index contributed by atoms with van der Waals surface area (Å²) in [6, 6.07) is 15.0. The molecule has 0 saturated carbocycles. The molecule has 3 aromatic rings. The van der Waals surface area contributed by atoms with Crippen LogP contribution >= 0.6 is 11.6 Å². The van der Waals surface area contributed by atoms with Crippen LogP contribution in [-0.2, 0) is 6.54 Å². The molecule has 6 heteroatoms.